The summed E-state index contributed by atoms with van der Waals surface area (Å²) < 4.78 is 0.740. The van der Waals surface area contributed by atoms with Gasteiger partial charge in [-0.25, -0.2) is 0 Å². The average molecular weight is 287 g/mol. The zero-order chi connectivity index (χ0) is 12.0. The normalized spacial score (nSPS) is 10.4. The molecule has 0 aliphatic carbocycles. The predicted molar refractivity (Wildman–Crippen MR) is 67.7 cm³/mol. The zero-order valence-electron chi connectivity index (χ0n) is 9.20. The first kappa shape index (κ1) is 13.1. The van der Waals surface area contributed by atoms with E-state index in [1.54, 1.807) is 12.1 Å². The Morgan fingerprint density at radius 1 is 1.44 bits per heavy atom. The highest BCUT2D eigenvalue weighted by Gasteiger charge is 2.13. The molecule has 0 heterocycles. The maximum atomic E-state index is 10.8. The van der Waals surface area contributed by atoms with Gasteiger partial charge in [-0.15, -0.1) is 0 Å². The maximum Gasteiger partial charge on any atom is 0.273 e. The first-order valence-electron chi connectivity index (χ1n) is 5.28. The van der Waals surface area contributed by atoms with E-state index >= 15 is 0 Å². The van der Waals surface area contributed by atoms with Crippen LogP contribution in [0.3, 0.4) is 0 Å². The van der Waals surface area contributed by atoms with E-state index < -0.39 is 0 Å². The third-order valence-corrected chi connectivity index (χ3v) is 2.74. The molecule has 1 aromatic carbocycles. The van der Waals surface area contributed by atoms with Gasteiger partial charge in [0, 0.05) is 16.1 Å². The second kappa shape index (κ2) is 6.60. The van der Waals surface area contributed by atoms with Crippen molar-refractivity contribution in [2.24, 2.45) is 0 Å². The number of halogens is 1. The fraction of sp³-hybridized carbons (Fsp3) is 0.455. The molecule has 0 atom stereocenters. The Balaban J connectivity index is 2.67. The van der Waals surface area contributed by atoms with Crippen LogP contribution in [-0.2, 0) is 6.42 Å². The summed E-state index contributed by atoms with van der Waals surface area (Å²) in [4.78, 5) is 10.5. The van der Waals surface area contributed by atoms with E-state index in [0.717, 1.165) is 29.5 Å². The molecule has 0 fully saturated rings. The minimum Gasteiger partial charge on any atom is -0.316 e. The quantitative estimate of drug-likeness (QED) is 0.497. The Morgan fingerprint density at radius 2 is 2.19 bits per heavy atom. The van der Waals surface area contributed by atoms with Crippen LogP contribution in [0.15, 0.2) is 22.7 Å². The second-order valence-electron chi connectivity index (χ2n) is 3.53. The van der Waals surface area contributed by atoms with Gasteiger partial charge in [0.15, 0.2) is 0 Å². The van der Waals surface area contributed by atoms with Crippen LogP contribution in [-0.4, -0.2) is 18.0 Å². The molecule has 0 amide bonds. The van der Waals surface area contributed by atoms with Crippen LogP contribution in [0.5, 0.6) is 0 Å². The summed E-state index contributed by atoms with van der Waals surface area (Å²) in [5.74, 6) is 0. The van der Waals surface area contributed by atoms with Gasteiger partial charge in [-0.3, -0.25) is 10.1 Å². The molecule has 0 spiro atoms. The molecule has 4 nitrogen and oxygen atoms in total. The molecule has 1 aromatic rings. The van der Waals surface area contributed by atoms with Crippen molar-refractivity contribution in [3.8, 4) is 0 Å². The third-order valence-electron chi connectivity index (χ3n) is 2.24. The summed E-state index contributed by atoms with van der Waals surface area (Å²) in [5, 5.41) is 14.1. The lowest BCUT2D eigenvalue weighted by atomic mass is 10.1. The van der Waals surface area contributed by atoms with Crippen LogP contribution in [0.25, 0.3) is 0 Å². The molecule has 1 N–H and O–H groups in total. The number of nitro benzene ring substituents is 1. The van der Waals surface area contributed by atoms with Crippen molar-refractivity contribution in [3.63, 3.8) is 0 Å². The van der Waals surface area contributed by atoms with E-state index in [2.05, 4.69) is 28.2 Å². The largest absolute Gasteiger partial charge is 0.316 e. The van der Waals surface area contributed by atoms with Crippen molar-refractivity contribution in [1.82, 2.24) is 5.32 Å². The Kier molecular flexibility index (Phi) is 5.42. The molecular formula is C11H15BrN2O2. The molecule has 0 unspecified atom stereocenters. The first-order chi connectivity index (χ1) is 7.65. The van der Waals surface area contributed by atoms with Gasteiger partial charge in [-0.05, 0) is 32.0 Å². The summed E-state index contributed by atoms with van der Waals surface area (Å²) in [6.07, 6.45) is 1.76. The van der Waals surface area contributed by atoms with Crippen molar-refractivity contribution in [1.29, 1.82) is 0 Å². The molecule has 1 rings (SSSR count). The van der Waals surface area contributed by atoms with E-state index in [4.69, 9.17) is 0 Å². The maximum absolute atomic E-state index is 10.8. The lowest BCUT2D eigenvalue weighted by Crippen LogP contribution is -2.18. The molecule has 88 valence electrons. The summed E-state index contributed by atoms with van der Waals surface area (Å²) in [7, 11) is 0. The number of nitrogens with one attached hydrogen (secondary N) is 1. The van der Waals surface area contributed by atoms with E-state index in [0.29, 0.717) is 6.42 Å². The first-order valence-corrected chi connectivity index (χ1v) is 6.08. The second-order valence-corrected chi connectivity index (χ2v) is 4.45. The predicted octanol–water partition coefficient (Wildman–Crippen LogP) is 2.90. The molecular weight excluding hydrogens is 272 g/mol. The molecule has 0 radical (unpaired) electrons. The summed E-state index contributed by atoms with van der Waals surface area (Å²) >= 11 is 3.24. The molecule has 0 bridgehead atoms. The highest BCUT2D eigenvalue weighted by Crippen LogP contribution is 2.23. The Bertz CT molecular complexity index is 369. The van der Waals surface area contributed by atoms with Crippen molar-refractivity contribution < 1.29 is 4.92 Å². The number of benzene rings is 1. The standard InChI is InChI=1S/C11H15BrN2O2/c1-2-6-13-7-5-9-3-4-10(12)8-11(9)14(15)16/h3-4,8,13H,2,5-7H2,1H3. The molecule has 0 saturated heterocycles. The van der Waals surface area contributed by atoms with Gasteiger partial charge in [0.25, 0.3) is 5.69 Å². The monoisotopic (exact) mass is 286 g/mol. The summed E-state index contributed by atoms with van der Waals surface area (Å²) in [5.41, 5.74) is 0.962. The number of hydrogen-bond acceptors (Lipinski definition) is 3. The van der Waals surface area contributed by atoms with Gasteiger partial charge in [-0.1, -0.05) is 28.9 Å². The highest BCUT2D eigenvalue weighted by atomic mass is 79.9. The number of hydrogen-bond donors (Lipinski definition) is 1. The minimum absolute atomic E-state index is 0.188. The van der Waals surface area contributed by atoms with Gasteiger partial charge in [0.1, 0.15) is 0 Å². The zero-order valence-corrected chi connectivity index (χ0v) is 10.8. The van der Waals surface area contributed by atoms with E-state index in [9.17, 15) is 10.1 Å². The molecule has 0 saturated carbocycles. The van der Waals surface area contributed by atoms with Crippen molar-refractivity contribution in [3.05, 3.63) is 38.3 Å². The Labute approximate surface area is 103 Å². The molecule has 0 aliphatic rings. The highest BCUT2D eigenvalue weighted by molar-refractivity contribution is 9.10. The molecule has 16 heavy (non-hydrogen) atoms. The summed E-state index contributed by atoms with van der Waals surface area (Å²) in [6, 6.07) is 5.19. The van der Waals surface area contributed by atoms with Crippen molar-refractivity contribution in [2.45, 2.75) is 19.8 Å². The minimum atomic E-state index is -0.333. The van der Waals surface area contributed by atoms with Gasteiger partial charge in [0.2, 0.25) is 0 Å². The Morgan fingerprint density at radius 3 is 2.81 bits per heavy atom. The van der Waals surface area contributed by atoms with E-state index in [-0.39, 0.29) is 10.6 Å². The fourth-order valence-electron chi connectivity index (χ4n) is 1.44. The van der Waals surface area contributed by atoms with Gasteiger partial charge >= 0.3 is 0 Å². The molecule has 0 aliphatic heterocycles. The van der Waals surface area contributed by atoms with Crippen molar-refractivity contribution >= 4 is 21.6 Å². The number of nitro groups is 1. The fourth-order valence-corrected chi connectivity index (χ4v) is 1.79. The van der Waals surface area contributed by atoms with Crippen LogP contribution in [0.2, 0.25) is 0 Å². The van der Waals surface area contributed by atoms with Crippen LogP contribution >= 0.6 is 15.9 Å². The number of nitrogens with zero attached hydrogens (tertiary/aromatic N) is 1. The molecule has 0 aromatic heterocycles. The third kappa shape index (κ3) is 3.90. The Hall–Kier alpha value is -0.940. The van der Waals surface area contributed by atoms with Crippen molar-refractivity contribution in [2.75, 3.05) is 13.1 Å². The lowest BCUT2D eigenvalue weighted by Gasteiger charge is -2.04. The summed E-state index contributed by atoms with van der Waals surface area (Å²) in [6.45, 7) is 3.82. The smallest absolute Gasteiger partial charge is 0.273 e. The van der Waals surface area contributed by atoms with Gasteiger partial charge in [0.05, 0.1) is 4.92 Å². The average Bonchev–Trinajstić information content (AvgIpc) is 2.26. The topological polar surface area (TPSA) is 55.2 Å². The van der Waals surface area contributed by atoms with Gasteiger partial charge in [-0.2, -0.15) is 0 Å². The van der Waals surface area contributed by atoms with Crippen LogP contribution in [0.4, 0.5) is 5.69 Å². The SMILES string of the molecule is CCCNCCc1ccc(Br)cc1[N+](=O)[O-]. The number of rotatable bonds is 6. The van der Waals surface area contributed by atoms with E-state index in [1.165, 1.54) is 0 Å². The van der Waals surface area contributed by atoms with Gasteiger partial charge < -0.3 is 5.32 Å². The van der Waals surface area contributed by atoms with Crippen LogP contribution in [0.1, 0.15) is 18.9 Å². The lowest BCUT2D eigenvalue weighted by molar-refractivity contribution is -0.385. The van der Waals surface area contributed by atoms with Crippen LogP contribution < -0.4 is 5.32 Å². The molecule has 5 heteroatoms. The van der Waals surface area contributed by atoms with Crippen LogP contribution in [0, 0.1) is 10.1 Å². The van der Waals surface area contributed by atoms with E-state index in [1.807, 2.05) is 6.07 Å².